The Labute approximate surface area is 454 Å². The Kier molecular flexibility index (Phi) is 19.0. The zero-order valence-corrected chi connectivity index (χ0v) is 46.2. The highest BCUT2D eigenvalue weighted by molar-refractivity contribution is 7.13. The van der Waals surface area contributed by atoms with Gasteiger partial charge in [0.05, 0.1) is 78.5 Å². The van der Waals surface area contributed by atoms with Crippen LogP contribution < -0.4 is 26.6 Å². The van der Waals surface area contributed by atoms with Crippen LogP contribution in [0.4, 0.5) is 10.6 Å². The smallest absolute Gasteiger partial charge is 0.319 e. The highest BCUT2D eigenvalue weighted by Crippen LogP contribution is 2.41. The van der Waals surface area contributed by atoms with Gasteiger partial charge in [-0.1, -0.05) is 75.4 Å². The molecule has 7 amide bonds. The Bertz CT molecular complexity index is 2850. The summed E-state index contributed by atoms with van der Waals surface area (Å²) >= 11 is 1.56. The first-order valence-electron chi connectivity index (χ1n) is 25.9. The van der Waals surface area contributed by atoms with Crippen molar-refractivity contribution >= 4 is 52.7 Å². The number of likely N-dealkylation sites (tertiary alicyclic amines) is 1. The van der Waals surface area contributed by atoms with Gasteiger partial charge in [-0.05, 0) is 88.2 Å². The average molecular weight is 1080 g/mol. The van der Waals surface area contributed by atoms with Crippen molar-refractivity contribution in [3.05, 3.63) is 124 Å². The number of H-pyrrole nitrogens is 1. The third kappa shape index (κ3) is 14.5. The van der Waals surface area contributed by atoms with Gasteiger partial charge in [0, 0.05) is 49.2 Å². The summed E-state index contributed by atoms with van der Waals surface area (Å²) < 4.78 is 11.2. The largest absolute Gasteiger partial charge is 0.391 e. The average Bonchev–Trinajstić information content (AvgIpc) is 4.23. The van der Waals surface area contributed by atoms with Gasteiger partial charge in [-0.2, -0.15) is 5.10 Å². The number of aryl methyl sites for hydroxylation is 1. The number of fused-ring (bicyclic) bond motifs is 1. The molecule has 7 rings (SSSR count). The quantitative estimate of drug-likeness (QED) is 0.0414. The number of amides is 7. The number of β-amino-alcohol motifs (C(OH)–C–C–N with tert-alkyl or cyclic N) is 1. The van der Waals surface area contributed by atoms with Crippen molar-refractivity contribution in [2.45, 2.75) is 104 Å². The van der Waals surface area contributed by atoms with E-state index in [0.29, 0.717) is 29.1 Å². The van der Waals surface area contributed by atoms with E-state index in [1.54, 1.807) is 46.0 Å². The molecule has 5 atom stereocenters. The van der Waals surface area contributed by atoms with Crippen LogP contribution in [-0.2, 0) is 35.9 Å². The topological polar surface area (TPSA) is 253 Å². The van der Waals surface area contributed by atoms with Gasteiger partial charge in [-0.25, -0.2) is 9.78 Å². The molecule has 0 bridgehead atoms. The van der Waals surface area contributed by atoms with Gasteiger partial charge in [0.15, 0.2) is 5.82 Å². The second-order valence-electron chi connectivity index (χ2n) is 21.4. The SMILES string of the molecule is Cc1ncsc1-c1ccc([C@H](C)NC(=O)[C@@H]2C[C@@H](O)CN2C(=O)[C@@H](NC(=O)CCOCCOCCNC(=O)c2ccc(C(=O)Nc3n[nH]c4c3CN(C(=O)N[C@H](CN(C)C)c3ccccc3)C4(C)C)cc2)C(C)(C)C)cc1. The summed E-state index contributed by atoms with van der Waals surface area (Å²) in [5, 5.41) is 32.8. The molecule has 3 aromatic carbocycles. The maximum atomic E-state index is 14.1. The molecule has 0 unspecified atom stereocenters. The lowest BCUT2D eigenvalue weighted by Gasteiger charge is -2.35. The molecule has 0 spiro atoms. The molecule has 2 aromatic heterocycles. The first-order valence-corrected chi connectivity index (χ1v) is 26.8. The standard InChI is InChI=1S/C56H73N11O9S/c1-34(36-15-17-38(18-16-36)46-35(2)58-33-77-46)59-52(72)44-29-41(68)30-66(44)53(73)48(55(3,4)5)61-45(69)23-25-75-27-28-76-26-24-57-50(70)39-19-21-40(22-20-39)51(71)62-49-42-31-67(56(6,7)47(42)63-64-49)54(74)60-43(32-65(8)9)37-13-11-10-12-14-37/h10-22,33-34,41,43-44,48,68H,23-32H2,1-9H3,(H,57,70)(H,59,72)(H,60,74)(H,61,69)(H2,62,63,64,71)/t34-,41+,43+,44-,48+/m0/s1. The molecular weight excluding hydrogens is 1000 g/mol. The minimum Gasteiger partial charge on any atom is -0.391 e. The molecule has 0 saturated carbocycles. The van der Waals surface area contributed by atoms with Gasteiger partial charge in [-0.15, -0.1) is 11.3 Å². The normalized spacial score (nSPS) is 17.1. The van der Waals surface area contributed by atoms with Crippen molar-refractivity contribution in [2.24, 2.45) is 5.41 Å². The van der Waals surface area contributed by atoms with E-state index in [4.69, 9.17) is 9.47 Å². The Hall–Kier alpha value is -7.04. The summed E-state index contributed by atoms with van der Waals surface area (Å²) in [6.07, 6.45) is -0.852. The second-order valence-corrected chi connectivity index (χ2v) is 22.2. The fourth-order valence-corrected chi connectivity index (χ4v) is 10.3. The molecule has 7 N–H and O–H groups in total. The first-order chi connectivity index (χ1) is 36.6. The molecule has 412 valence electrons. The van der Waals surface area contributed by atoms with Gasteiger partial charge in [-0.3, -0.25) is 29.1 Å². The highest BCUT2D eigenvalue weighted by atomic mass is 32.1. The lowest BCUT2D eigenvalue weighted by Crippen LogP contribution is -2.58. The monoisotopic (exact) mass is 1080 g/mol. The van der Waals surface area contributed by atoms with Crippen molar-refractivity contribution < 1.29 is 43.3 Å². The van der Waals surface area contributed by atoms with Crippen LogP contribution >= 0.6 is 11.3 Å². The summed E-state index contributed by atoms with van der Waals surface area (Å²) in [6.45, 7) is 14.8. The molecule has 2 aliphatic heterocycles. The Morgan fingerprint density at radius 3 is 2.17 bits per heavy atom. The molecule has 1 fully saturated rings. The number of aromatic amines is 1. The van der Waals surface area contributed by atoms with E-state index in [0.717, 1.165) is 33.0 Å². The van der Waals surface area contributed by atoms with E-state index in [2.05, 4.69) is 41.8 Å². The molecule has 2 aliphatic rings. The maximum Gasteiger partial charge on any atom is 0.319 e. The summed E-state index contributed by atoms with van der Waals surface area (Å²) in [5.74, 6) is -1.70. The number of hydrogen-bond donors (Lipinski definition) is 7. The molecule has 21 heteroatoms. The van der Waals surface area contributed by atoms with Crippen LogP contribution in [0.2, 0.25) is 0 Å². The number of nitrogens with one attached hydrogen (secondary N) is 6. The number of carbonyl (C=O) groups excluding carboxylic acids is 6. The van der Waals surface area contributed by atoms with E-state index in [1.165, 1.54) is 4.90 Å². The number of anilines is 1. The molecule has 4 heterocycles. The predicted octanol–water partition coefficient (Wildman–Crippen LogP) is 5.68. The molecular formula is C56H73N11O9S. The number of ether oxygens (including phenoxy) is 2. The molecule has 1 saturated heterocycles. The molecule has 5 aromatic rings. The van der Waals surface area contributed by atoms with Gasteiger partial charge in [0.1, 0.15) is 12.1 Å². The lowest BCUT2D eigenvalue weighted by atomic mass is 9.85. The number of aromatic nitrogens is 3. The van der Waals surface area contributed by atoms with E-state index in [-0.39, 0.29) is 88.8 Å². The highest BCUT2D eigenvalue weighted by Gasteiger charge is 2.46. The van der Waals surface area contributed by atoms with Crippen molar-refractivity contribution in [1.29, 1.82) is 0 Å². The number of aliphatic hydroxyl groups is 1. The van der Waals surface area contributed by atoms with Crippen molar-refractivity contribution in [2.75, 3.05) is 65.5 Å². The Balaban J connectivity index is 0.789. The van der Waals surface area contributed by atoms with Gasteiger partial charge in [0.2, 0.25) is 17.7 Å². The van der Waals surface area contributed by atoms with Crippen LogP contribution in [0.5, 0.6) is 0 Å². The van der Waals surface area contributed by atoms with Crippen LogP contribution in [0.1, 0.15) is 115 Å². The van der Waals surface area contributed by atoms with Crippen molar-refractivity contribution in [3.8, 4) is 10.4 Å². The number of benzene rings is 3. The number of thiazole rings is 1. The zero-order valence-electron chi connectivity index (χ0n) is 45.4. The number of nitrogens with zero attached hydrogens (tertiary/aromatic N) is 5. The zero-order chi connectivity index (χ0) is 55.6. The maximum absolute atomic E-state index is 14.1. The number of carbonyl (C=O) groups is 6. The third-order valence-corrected chi connectivity index (χ3v) is 14.8. The van der Waals surface area contributed by atoms with Gasteiger partial charge in [0.25, 0.3) is 11.8 Å². The van der Waals surface area contributed by atoms with E-state index < -0.39 is 46.9 Å². The van der Waals surface area contributed by atoms with Gasteiger partial charge >= 0.3 is 6.03 Å². The lowest BCUT2D eigenvalue weighted by molar-refractivity contribution is -0.144. The fourth-order valence-electron chi connectivity index (χ4n) is 9.48. The summed E-state index contributed by atoms with van der Waals surface area (Å²) in [6, 6.07) is 21.2. The minimum absolute atomic E-state index is 0.0299. The summed E-state index contributed by atoms with van der Waals surface area (Å²) in [5.41, 5.74) is 6.31. The molecule has 77 heavy (non-hydrogen) atoms. The fraction of sp³-hybridized carbons (Fsp3) is 0.464. The number of hydrogen-bond acceptors (Lipinski definition) is 13. The van der Waals surface area contributed by atoms with E-state index in [9.17, 15) is 33.9 Å². The Morgan fingerprint density at radius 1 is 0.870 bits per heavy atom. The second kappa shape index (κ2) is 25.4. The Morgan fingerprint density at radius 2 is 1.53 bits per heavy atom. The number of urea groups is 1. The van der Waals surface area contributed by atoms with E-state index >= 15 is 0 Å². The van der Waals surface area contributed by atoms with Crippen LogP contribution in [0, 0.1) is 12.3 Å². The van der Waals surface area contributed by atoms with Gasteiger partial charge < -0.3 is 55.9 Å². The van der Waals surface area contributed by atoms with Crippen molar-refractivity contribution in [1.82, 2.24) is 51.1 Å². The predicted molar refractivity (Wildman–Crippen MR) is 293 cm³/mol. The minimum atomic E-state index is -0.975. The first kappa shape index (κ1) is 57.7. The summed E-state index contributed by atoms with van der Waals surface area (Å²) in [4.78, 5) is 91.5. The van der Waals surface area contributed by atoms with Crippen molar-refractivity contribution in [3.63, 3.8) is 0 Å². The van der Waals surface area contributed by atoms with E-state index in [1.807, 2.05) is 122 Å². The number of likely N-dealkylation sites (N-methyl/N-ethyl adjacent to an activating group) is 1. The number of rotatable bonds is 22. The third-order valence-electron chi connectivity index (χ3n) is 13.8. The molecule has 20 nitrogen and oxygen atoms in total. The van der Waals surface area contributed by atoms with Crippen LogP contribution in [-0.4, -0.2) is 149 Å². The molecule has 0 radical (unpaired) electrons. The van der Waals surface area contributed by atoms with Crippen LogP contribution in [0.25, 0.3) is 10.4 Å². The summed E-state index contributed by atoms with van der Waals surface area (Å²) in [7, 11) is 3.91. The molecule has 0 aliphatic carbocycles. The van der Waals surface area contributed by atoms with Crippen LogP contribution in [0.3, 0.4) is 0 Å². The van der Waals surface area contributed by atoms with Crippen LogP contribution in [0.15, 0.2) is 84.4 Å². The number of aliphatic hydroxyl groups excluding tert-OH is 1.